The number of hydrogen-bond donors (Lipinski definition) is 0. The maximum Gasteiger partial charge on any atom is 0.334 e. The quantitative estimate of drug-likeness (QED) is 0.626. The number of nitrogens with zero attached hydrogens (tertiary/aromatic N) is 4. The molecule has 2 aromatic rings. The first kappa shape index (κ1) is 15.9. The molecule has 0 aliphatic carbocycles. The summed E-state index contributed by atoms with van der Waals surface area (Å²) < 4.78 is 5.10. The summed E-state index contributed by atoms with van der Waals surface area (Å²) in [6.07, 6.45) is 0. The Balaban J connectivity index is 1.80. The first-order chi connectivity index (χ1) is 11.4. The van der Waals surface area contributed by atoms with Gasteiger partial charge in [0.25, 0.3) is 0 Å². The van der Waals surface area contributed by atoms with Crippen molar-refractivity contribution in [2.24, 2.45) is 0 Å². The number of benzene rings is 1. The number of imide groups is 2. The molecule has 1 aromatic heterocycles. The molecule has 0 radical (unpaired) electrons. The fourth-order valence-corrected chi connectivity index (χ4v) is 2.39. The minimum absolute atomic E-state index is 0.0886. The van der Waals surface area contributed by atoms with Crippen LogP contribution in [-0.2, 0) is 16.1 Å². The number of aryl methyl sites for hydroxylation is 1. The van der Waals surface area contributed by atoms with Gasteiger partial charge >= 0.3 is 17.8 Å². The molecule has 0 atom stereocenters. The van der Waals surface area contributed by atoms with Gasteiger partial charge in [-0.15, -0.1) is 0 Å². The van der Waals surface area contributed by atoms with Crippen LogP contribution < -0.4 is 0 Å². The lowest BCUT2D eigenvalue weighted by Crippen LogP contribution is -2.37. The van der Waals surface area contributed by atoms with Gasteiger partial charge in [-0.25, -0.2) is 9.69 Å². The molecule has 24 heavy (non-hydrogen) atoms. The van der Waals surface area contributed by atoms with E-state index in [1.165, 1.54) is 0 Å². The summed E-state index contributed by atoms with van der Waals surface area (Å²) in [5, 5.41) is 3.85. The van der Waals surface area contributed by atoms with Gasteiger partial charge in [0.2, 0.25) is 11.7 Å². The molecule has 8 heteroatoms. The molecule has 0 spiro atoms. The second-order valence-corrected chi connectivity index (χ2v) is 5.82. The fourth-order valence-electron chi connectivity index (χ4n) is 2.39. The van der Waals surface area contributed by atoms with E-state index in [0.29, 0.717) is 5.82 Å². The number of aromatic nitrogens is 2. The van der Waals surface area contributed by atoms with E-state index in [1.807, 2.05) is 31.2 Å². The standard InChI is InChI=1S/C16H16N4O4/c1-9(2)20-15(22)14(21)19(16(20)23)8-12-17-13(18-24-12)11-6-4-10(3)5-7-11/h4-7,9H,8H2,1-3H3. The second-order valence-electron chi connectivity index (χ2n) is 5.82. The largest absolute Gasteiger partial charge is 0.337 e. The van der Waals surface area contributed by atoms with E-state index in [0.717, 1.165) is 20.9 Å². The molecular formula is C16H16N4O4. The van der Waals surface area contributed by atoms with E-state index in [2.05, 4.69) is 10.1 Å². The summed E-state index contributed by atoms with van der Waals surface area (Å²) in [5.74, 6) is -1.28. The van der Waals surface area contributed by atoms with Crippen LogP contribution >= 0.6 is 0 Å². The van der Waals surface area contributed by atoms with Gasteiger partial charge in [0.15, 0.2) is 0 Å². The van der Waals surface area contributed by atoms with Gasteiger partial charge in [0.05, 0.1) is 0 Å². The van der Waals surface area contributed by atoms with Crippen LogP contribution in [0.4, 0.5) is 4.79 Å². The summed E-state index contributed by atoms with van der Waals surface area (Å²) in [6.45, 7) is 5.06. The van der Waals surface area contributed by atoms with Crippen LogP contribution in [-0.4, -0.2) is 43.8 Å². The molecule has 124 valence electrons. The SMILES string of the molecule is Cc1ccc(-c2noc(CN3C(=O)C(=O)N(C(C)C)C3=O)n2)cc1. The Kier molecular flexibility index (Phi) is 3.88. The number of carbonyl (C=O) groups excluding carboxylic acids is 3. The molecule has 0 N–H and O–H groups in total. The Bertz CT molecular complexity index is 810. The van der Waals surface area contributed by atoms with Crippen LogP contribution in [0.1, 0.15) is 25.3 Å². The van der Waals surface area contributed by atoms with E-state index in [1.54, 1.807) is 13.8 Å². The van der Waals surface area contributed by atoms with Crippen molar-refractivity contribution in [1.29, 1.82) is 0 Å². The molecule has 3 rings (SSSR count). The number of rotatable bonds is 4. The van der Waals surface area contributed by atoms with Crippen LogP contribution in [0.15, 0.2) is 28.8 Å². The molecule has 1 aliphatic rings. The average molecular weight is 328 g/mol. The highest BCUT2D eigenvalue weighted by molar-refractivity contribution is 6.44. The van der Waals surface area contributed by atoms with E-state index in [-0.39, 0.29) is 12.4 Å². The normalized spacial score (nSPS) is 15.1. The number of amides is 4. The summed E-state index contributed by atoms with van der Waals surface area (Å²) in [5.41, 5.74) is 1.86. The fraction of sp³-hybridized carbons (Fsp3) is 0.312. The topological polar surface area (TPSA) is 96.6 Å². The van der Waals surface area contributed by atoms with Crippen molar-refractivity contribution in [3.8, 4) is 11.4 Å². The molecule has 1 fully saturated rings. The van der Waals surface area contributed by atoms with E-state index in [4.69, 9.17) is 4.52 Å². The van der Waals surface area contributed by atoms with Gasteiger partial charge in [0, 0.05) is 11.6 Å². The molecule has 0 saturated carbocycles. The van der Waals surface area contributed by atoms with E-state index >= 15 is 0 Å². The lowest BCUT2D eigenvalue weighted by Gasteiger charge is -2.17. The van der Waals surface area contributed by atoms with Crippen molar-refractivity contribution in [2.45, 2.75) is 33.4 Å². The van der Waals surface area contributed by atoms with E-state index < -0.39 is 23.9 Å². The van der Waals surface area contributed by atoms with Gasteiger partial charge < -0.3 is 4.52 Å². The van der Waals surface area contributed by atoms with Gasteiger partial charge in [-0.3, -0.25) is 14.5 Å². The van der Waals surface area contributed by atoms with Crippen LogP contribution in [0.3, 0.4) is 0 Å². The Morgan fingerprint density at radius 2 is 1.75 bits per heavy atom. The first-order valence-electron chi connectivity index (χ1n) is 7.47. The monoisotopic (exact) mass is 328 g/mol. The summed E-state index contributed by atoms with van der Waals surface area (Å²) >= 11 is 0. The van der Waals surface area contributed by atoms with Crippen molar-refractivity contribution in [1.82, 2.24) is 19.9 Å². The van der Waals surface area contributed by atoms with Crippen LogP contribution in [0.2, 0.25) is 0 Å². The Morgan fingerprint density at radius 1 is 1.08 bits per heavy atom. The Hall–Kier alpha value is -3.03. The minimum Gasteiger partial charge on any atom is -0.337 e. The molecule has 2 heterocycles. The molecule has 4 amide bonds. The van der Waals surface area contributed by atoms with Crippen molar-refractivity contribution >= 4 is 17.8 Å². The first-order valence-corrected chi connectivity index (χ1v) is 7.47. The average Bonchev–Trinajstić information content (AvgIpc) is 3.08. The van der Waals surface area contributed by atoms with Crippen LogP contribution in [0, 0.1) is 6.92 Å². The zero-order chi connectivity index (χ0) is 17.4. The molecular weight excluding hydrogens is 312 g/mol. The van der Waals surface area contributed by atoms with Crippen molar-refractivity contribution in [2.75, 3.05) is 0 Å². The molecule has 1 aromatic carbocycles. The third-order valence-electron chi connectivity index (χ3n) is 3.67. The highest BCUT2D eigenvalue weighted by Gasteiger charge is 2.46. The van der Waals surface area contributed by atoms with Crippen molar-refractivity contribution in [3.63, 3.8) is 0 Å². The van der Waals surface area contributed by atoms with E-state index in [9.17, 15) is 14.4 Å². The summed E-state index contributed by atoms with van der Waals surface area (Å²) in [4.78, 5) is 42.0. The predicted molar refractivity (Wildman–Crippen MR) is 82.4 cm³/mol. The molecule has 8 nitrogen and oxygen atoms in total. The minimum atomic E-state index is -0.885. The predicted octanol–water partition coefficient (Wildman–Crippen LogP) is 1.74. The summed E-state index contributed by atoms with van der Waals surface area (Å²) in [7, 11) is 0. The highest BCUT2D eigenvalue weighted by Crippen LogP contribution is 2.20. The molecule has 1 saturated heterocycles. The molecule has 1 aliphatic heterocycles. The van der Waals surface area contributed by atoms with Crippen molar-refractivity contribution in [3.05, 3.63) is 35.7 Å². The third kappa shape index (κ3) is 2.66. The zero-order valence-corrected chi connectivity index (χ0v) is 13.5. The van der Waals surface area contributed by atoms with Gasteiger partial charge in [-0.05, 0) is 20.8 Å². The van der Waals surface area contributed by atoms with Crippen LogP contribution in [0.5, 0.6) is 0 Å². The third-order valence-corrected chi connectivity index (χ3v) is 3.67. The Morgan fingerprint density at radius 3 is 2.33 bits per heavy atom. The number of hydrogen-bond acceptors (Lipinski definition) is 6. The lowest BCUT2D eigenvalue weighted by atomic mass is 10.1. The maximum absolute atomic E-state index is 12.2. The molecule has 0 unspecified atom stereocenters. The Labute approximate surface area is 138 Å². The second kappa shape index (κ2) is 5.88. The molecule has 0 bridgehead atoms. The van der Waals surface area contributed by atoms with Gasteiger partial charge in [-0.1, -0.05) is 35.0 Å². The number of carbonyl (C=O) groups is 3. The highest BCUT2D eigenvalue weighted by atomic mass is 16.5. The van der Waals surface area contributed by atoms with Crippen LogP contribution in [0.25, 0.3) is 11.4 Å². The maximum atomic E-state index is 12.2. The number of urea groups is 1. The lowest BCUT2D eigenvalue weighted by molar-refractivity contribution is -0.144. The van der Waals surface area contributed by atoms with Crippen molar-refractivity contribution < 1.29 is 18.9 Å². The smallest absolute Gasteiger partial charge is 0.334 e. The zero-order valence-electron chi connectivity index (χ0n) is 13.5. The summed E-state index contributed by atoms with van der Waals surface area (Å²) in [6, 6.07) is 6.45. The van der Waals surface area contributed by atoms with Gasteiger partial charge in [0.1, 0.15) is 6.54 Å². The van der Waals surface area contributed by atoms with Gasteiger partial charge in [-0.2, -0.15) is 4.98 Å².